The summed E-state index contributed by atoms with van der Waals surface area (Å²) in [6.45, 7) is 0.735. The molecule has 110 valence electrons. The van der Waals surface area contributed by atoms with Gasteiger partial charge in [-0.25, -0.2) is 9.78 Å². The molecule has 0 radical (unpaired) electrons. The number of hydrogen-bond donors (Lipinski definition) is 1. The van der Waals surface area contributed by atoms with E-state index in [1.54, 1.807) is 0 Å². The first-order chi connectivity index (χ1) is 9.41. The minimum Gasteiger partial charge on any atom is -0.453 e. The molecule has 2 rings (SSSR count). The molecule has 1 aromatic rings. The van der Waals surface area contributed by atoms with Crippen LogP contribution in [0.5, 0.6) is 0 Å². The Morgan fingerprint density at radius 1 is 1.55 bits per heavy atom. The lowest BCUT2D eigenvalue weighted by atomic mass is 10.2. The van der Waals surface area contributed by atoms with Crippen LogP contribution in [0.15, 0.2) is 18.3 Å². The van der Waals surface area contributed by atoms with Crippen LogP contribution in [0, 0.1) is 0 Å². The Bertz CT molecular complexity index is 493. The maximum absolute atomic E-state index is 12.8. The molecule has 0 aliphatic carbocycles. The van der Waals surface area contributed by atoms with Crippen LogP contribution in [-0.2, 0) is 10.9 Å². The number of halogens is 3. The molecule has 1 aliphatic rings. The van der Waals surface area contributed by atoms with E-state index in [1.165, 1.54) is 24.3 Å². The number of pyridine rings is 1. The number of rotatable bonds is 2. The smallest absolute Gasteiger partial charge is 0.419 e. The average molecular weight is 289 g/mol. The van der Waals surface area contributed by atoms with Crippen LogP contribution >= 0.6 is 0 Å². The molecule has 1 aliphatic heterocycles. The van der Waals surface area contributed by atoms with E-state index in [1.807, 2.05) is 0 Å². The Balaban J connectivity index is 2.07. The summed E-state index contributed by atoms with van der Waals surface area (Å²) >= 11 is 0. The van der Waals surface area contributed by atoms with Gasteiger partial charge in [-0.1, -0.05) is 0 Å². The third-order valence-electron chi connectivity index (χ3n) is 3.08. The van der Waals surface area contributed by atoms with Gasteiger partial charge in [-0.05, 0) is 18.6 Å². The van der Waals surface area contributed by atoms with Crippen molar-refractivity contribution in [3.63, 3.8) is 0 Å². The van der Waals surface area contributed by atoms with E-state index in [-0.39, 0.29) is 11.9 Å². The first-order valence-electron chi connectivity index (χ1n) is 6.03. The lowest BCUT2D eigenvalue weighted by Crippen LogP contribution is -2.31. The predicted octanol–water partition coefficient (Wildman–Crippen LogP) is 2.35. The maximum Gasteiger partial charge on any atom is 0.419 e. The normalized spacial score (nSPS) is 19.0. The van der Waals surface area contributed by atoms with E-state index in [0.29, 0.717) is 19.5 Å². The monoisotopic (exact) mass is 289 g/mol. The van der Waals surface area contributed by atoms with Crippen molar-refractivity contribution in [2.24, 2.45) is 0 Å². The fraction of sp³-hybridized carbons (Fsp3) is 0.500. The lowest BCUT2D eigenvalue weighted by molar-refractivity contribution is -0.137. The number of aromatic nitrogens is 1. The molecule has 1 saturated heterocycles. The molecule has 1 fully saturated rings. The van der Waals surface area contributed by atoms with Gasteiger partial charge in [0, 0.05) is 25.3 Å². The van der Waals surface area contributed by atoms with E-state index in [0.717, 1.165) is 6.07 Å². The number of nitrogens with one attached hydrogen (secondary N) is 1. The third kappa shape index (κ3) is 3.12. The number of likely N-dealkylation sites (tertiary alicyclic amines) is 1. The molecule has 0 bridgehead atoms. The largest absolute Gasteiger partial charge is 0.453 e. The number of carbonyl (C=O) groups is 1. The predicted molar refractivity (Wildman–Crippen MR) is 65.2 cm³/mol. The Morgan fingerprint density at radius 3 is 2.95 bits per heavy atom. The summed E-state index contributed by atoms with van der Waals surface area (Å²) in [5, 5.41) is 2.74. The van der Waals surface area contributed by atoms with Crippen molar-refractivity contribution in [3.8, 4) is 0 Å². The van der Waals surface area contributed by atoms with Crippen molar-refractivity contribution in [1.29, 1.82) is 0 Å². The molecule has 0 saturated carbocycles. The zero-order valence-electron chi connectivity index (χ0n) is 10.8. The Morgan fingerprint density at radius 2 is 2.30 bits per heavy atom. The van der Waals surface area contributed by atoms with Gasteiger partial charge in [0.2, 0.25) is 0 Å². The number of anilines is 1. The van der Waals surface area contributed by atoms with Gasteiger partial charge < -0.3 is 15.0 Å². The van der Waals surface area contributed by atoms with Crippen LogP contribution < -0.4 is 5.32 Å². The summed E-state index contributed by atoms with van der Waals surface area (Å²) in [6, 6.07) is 1.94. The first-order valence-corrected chi connectivity index (χ1v) is 6.03. The molecule has 1 atom stereocenters. The van der Waals surface area contributed by atoms with E-state index >= 15 is 0 Å². The number of methoxy groups -OCH3 is 1. The fourth-order valence-corrected chi connectivity index (χ4v) is 2.12. The van der Waals surface area contributed by atoms with Crippen LogP contribution in [0.1, 0.15) is 12.0 Å². The minimum absolute atomic E-state index is 0.211. The van der Waals surface area contributed by atoms with E-state index < -0.39 is 17.8 Å². The highest BCUT2D eigenvalue weighted by atomic mass is 19.4. The van der Waals surface area contributed by atoms with Crippen LogP contribution in [0.3, 0.4) is 0 Å². The second kappa shape index (κ2) is 5.56. The van der Waals surface area contributed by atoms with Gasteiger partial charge in [0.1, 0.15) is 5.82 Å². The molecule has 5 nitrogen and oxygen atoms in total. The van der Waals surface area contributed by atoms with E-state index in [9.17, 15) is 18.0 Å². The van der Waals surface area contributed by atoms with Crippen LogP contribution in [-0.4, -0.2) is 42.2 Å². The highest BCUT2D eigenvalue weighted by Gasteiger charge is 2.35. The van der Waals surface area contributed by atoms with Crippen molar-refractivity contribution < 1.29 is 22.7 Å². The van der Waals surface area contributed by atoms with Crippen LogP contribution in [0.2, 0.25) is 0 Å². The zero-order valence-corrected chi connectivity index (χ0v) is 10.8. The highest BCUT2D eigenvalue weighted by Crippen LogP contribution is 2.34. The molecule has 0 unspecified atom stereocenters. The quantitative estimate of drug-likeness (QED) is 0.908. The van der Waals surface area contributed by atoms with Gasteiger partial charge in [-0.15, -0.1) is 0 Å². The lowest BCUT2D eigenvalue weighted by Gasteiger charge is -2.18. The van der Waals surface area contributed by atoms with Crippen molar-refractivity contribution >= 4 is 11.9 Å². The molecule has 1 N–H and O–H groups in total. The number of ether oxygens (including phenoxy) is 1. The first kappa shape index (κ1) is 14.4. The van der Waals surface area contributed by atoms with E-state index in [4.69, 9.17) is 0 Å². The van der Waals surface area contributed by atoms with Crippen LogP contribution in [0.4, 0.5) is 23.8 Å². The minimum atomic E-state index is -4.46. The Kier molecular flexibility index (Phi) is 4.01. The number of alkyl halides is 3. The summed E-state index contributed by atoms with van der Waals surface area (Å²) in [7, 11) is 1.27. The second-order valence-corrected chi connectivity index (χ2v) is 4.44. The van der Waals surface area contributed by atoms with Crippen LogP contribution in [0.25, 0.3) is 0 Å². The summed E-state index contributed by atoms with van der Waals surface area (Å²) in [5.74, 6) is -0.211. The summed E-state index contributed by atoms with van der Waals surface area (Å²) in [6.07, 6.45) is -3.10. The second-order valence-electron chi connectivity index (χ2n) is 4.44. The SMILES string of the molecule is COC(=O)N1CC[C@@H](Nc2ncccc2C(F)(F)F)C1. The van der Waals surface area contributed by atoms with Gasteiger partial charge >= 0.3 is 12.3 Å². The van der Waals surface area contributed by atoms with Gasteiger partial charge in [-0.3, -0.25) is 0 Å². The zero-order chi connectivity index (χ0) is 14.8. The third-order valence-corrected chi connectivity index (χ3v) is 3.08. The Labute approximate surface area is 113 Å². The van der Waals surface area contributed by atoms with Gasteiger partial charge in [-0.2, -0.15) is 13.2 Å². The molecule has 20 heavy (non-hydrogen) atoms. The number of hydrogen-bond acceptors (Lipinski definition) is 4. The van der Waals surface area contributed by atoms with E-state index in [2.05, 4.69) is 15.0 Å². The fourth-order valence-electron chi connectivity index (χ4n) is 2.12. The summed E-state index contributed by atoms with van der Waals surface area (Å²) in [5.41, 5.74) is -0.809. The molecular formula is C12H14F3N3O2. The molecule has 2 heterocycles. The molecular weight excluding hydrogens is 275 g/mol. The Hall–Kier alpha value is -1.99. The summed E-state index contributed by atoms with van der Waals surface area (Å²) in [4.78, 5) is 16.5. The maximum atomic E-state index is 12.8. The average Bonchev–Trinajstić information content (AvgIpc) is 2.86. The van der Waals surface area contributed by atoms with Gasteiger partial charge in [0.15, 0.2) is 0 Å². The highest BCUT2D eigenvalue weighted by molar-refractivity contribution is 5.68. The number of amides is 1. The molecule has 1 amide bonds. The topological polar surface area (TPSA) is 54.5 Å². The number of carbonyl (C=O) groups excluding carboxylic acids is 1. The number of nitrogens with zero attached hydrogens (tertiary/aromatic N) is 2. The molecule has 1 aromatic heterocycles. The van der Waals surface area contributed by atoms with Crippen molar-refractivity contribution in [2.75, 3.05) is 25.5 Å². The standard InChI is InChI=1S/C12H14F3N3O2/c1-20-11(19)18-6-4-8(7-18)17-10-9(12(13,14)15)3-2-5-16-10/h2-3,5,8H,4,6-7H2,1H3,(H,16,17)/t8-/m1/s1. The molecule has 8 heteroatoms. The van der Waals surface area contributed by atoms with Crippen molar-refractivity contribution in [1.82, 2.24) is 9.88 Å². The van der Waals surface area contributed by atoms with Gasteiger partial charge in [0.05, 0.1) is 12.7 Å². The van der Waals surface area contributed by atoms with Gasteiger partial charge in [0.25, 0.3) is 0 Å². The van der Waals surface area contributed by atoms with Crippen molar-refractivity contribution in [3.05, 3.63) is 23.9 Å². The molecule has 0 aromatic carbocycles. The summed E-state index contributed by atoms with van der Waals surface area (Å²) < 4.78 is 43.0. The molecule has 0 spiro atoms. The van der Waals surface area contributed by atoms with Crippen molar-refractivity contribution in [2.45, 2.75) is 18.6 Å².